The zero-order valence-electron chi connectivity index (χ0n) is 11.1. The SMILES string of the molecule is O=C(Nc1cc(Br)ccc1F)c1csc(-c2ccccn2)n1. The summed E-state index contributed by atoms with van der Waals surface area (Å²) in [6, 6.07) is 9.81. The highest BCUT2D eigenvalue weighted by Gasteiger charge is 2.14. The lowest BCUT2D eigenvalue weighted by molar-refractivity contribution is 0.102. The number of aromatic nitrogens is 2. The van der Waals surface area contributed by atoms with E-state index < -0.39 is 11.7 Å². The Morgan fingerprint density at radius 1 is 1.27 bits per heavy atom. The molecule has 3 aromatic rings. The van der Waals surface area contributed by atoms with E-state index in [-0.39, 0.29) is 11.4 Å². The molecule has 0 aliphatic rings. The maximum Gasteiger partial charge on any atom is 0.275 e. The molecule has 3 rings (SSSR count). The van der Waals surface area contributed by atoms with E-state index >= 15 is 0 Å². The second-order valence-corrected chi connectivity index (χ2v) is 6.10. The van der Waals surface area contributed by atoms with E-state index in [4.69, 9.17) is 0 Å². The van der Waals surface area contributed by atoms with Gasteiger partial charge in [-0.1, -0.05) is 22.0 Å². The minimum absolute atomic E-state index is 0.103. The van der Waals surface area contributed by atoms with Crippen molar-refractivity contribution in [3.05, 3.63) is 64.0 Å². The molecule has 0 atom stereocenters. The first-order valence-electron chi connectivity index (χ1n) is 6.27. The molecule has 0 bridgehead atoms. The molecule has 110 valence electrons. The van der Waals surface area contributed by atoms with Crippen LogP contribution in [0.15, 0.2) is 52.4 Å². The monoisotopic (exact) mass is 377 g/mol. The molecule has 2 aromatic heterocycles. The Morgan fingerprint density at radius 2 is 2.14 bits per heavy atom. The zero-order chi connectivity index (χ0) is 15.5. The number of amides is 1. The van der Waals surface area contributed by atoms with Gasteiger partial charge in [-0.3, -0.25) is 9.78 Å². The van der Waals surface area contributed by atoms with Gasteiger partial charge in [0.25, 0.3) is 5.91 Å². The van der Waals surface area contributed by atoms with Crippen LogP contribution in [0.25, 0.3) is 10.7 Å². The summed E-state index contributed by atoms with van der Waals surface area (Å²) >= 11 is 4.55. The fraction of sp³-hybridized carbons (Fsp3) is 0. The largest absolute Gasteiger partial charge is 0.318 e. The van der Waals surface area contributed by atoms with E-state index in [0.29, 0.717) is 15.2 Å². The van der Waals surface area contributed by atoms with Gasteiger partial charge in [-0.05, 0) is 30.3 Å². The highest BCUT2D eigenvalue weighted by atomic mass is 79.9. The van der Waals surface area contributed by atoms with Crippen molar-refractivity contribution in [2.75, 3.05) is 5.32 Å². The molecule has 0 aliphatic carbocycles. The quantitative estimate of drug-likeness (QED) is 0.737. The smallest absolute Gasteiger partial charge is 0.275 e. The topological polar surface area (TPSA) is 54.9 Å². The van der Waals surface area contributed by atoms with Crippen LogP contribution in [0.4, 0.5) is 10.1 Å². The number of carbonyl (C=O) groups excluding carboxylic acids is 1. The van der Waals surface area contributed by atoms with Crippen LogP contribution < -0.4 is 5.32 Å². The van der Waals surface area contributed by atoms with Crippen LogP contribution in [-0.4, -0.2) is 15.9 Å². The van der Waals surface area contributed by atoms with Crippen molar-refractivity contribution in [3.8, 4) is 10.7 Å². The molecule has 1 amide bonds. The van der Waals surface area contributed by atoms with E-state index in [9.17, 15) is 9.18 Å². The van der Waals surface area contributed by atoms with Crippen LogP contribution >= 0.6 is 27.3 Å². The number of hydrogen-bond donors (Lipinski definition) is 1. The highest BCUT2D eigenvalue weighted by Crippen LogP contribution is 2.23. The van der Waals surface area contributed by atoms with Crippen molar-refractivity contribution in [2.24, 2.45) is 0 Å². The third kappa shape index (κ3) is 3.20. The number of nitrogens with zero attached hydrogens (tertiary/aromatic N) is 2. The number of hydrogen-bond acceptors (Lipinski definition) is 4. The molecule has 0 spiro atoms. The van der Waals surface area contributed by atoms with Gasteiger partial charge in [0.2, 0.25) is 0 Å². The van der Waals surface area contributed by atoms with Crippen molar-refractivity contribution >= 4 is 38.9 Å². The van der Waals surface area contributed by atoms with E-state index in [1.165, 1.54) is 23.5 Å². The highest BCUT2D eigenvalue weighted by molar-refractivity contribution is 9.10. The number of rotatable bonds is 3. The first-order valence-corrected chi connectivity index (χ1v) is 7.94. The lowest BCUT2D eigenvalue weighted by Gasteiger charge is -2.05. The molecule has 0 unspecified atom stereocenters. The number of benzene rings is 1. The van der Waals surface area contributed by atoms with E-state index in [1.807, 2.05) is 12.1 Å². The normalized spacial score (nSPS) is 10.5. The van der Waals surface area contributed by atoms with Crippen molar-refractivity contribution in [3.63, 3.8) is 0 Å². The number of nitrogens with one attached hydrogen (secondary N) is 1. The van der Waals surface area contributed by atoms with Gasteiger partial charge in [-0.2, -0.15) is 0 Å². The summed E-state index contributed by atoms with van der Waals surface area (Å²) in [5.74, 6) is -0.966. The Morgan fingerprint density at radius 3 is 2.91 bits per heavy atom. The van der Waals surface area contributed by atoms with Crippen LogP contribution in [0.1, 0.15) is 10.5 Å². The summed E-state index contributed by atoms with van der Waals surface area (Å²) in [7, 11) is 0. The molecule has 7 heteroatoms. The fourth-order valence-corrected chi connectivity index (χ4v) is 2.90. The molecule has 0 saturated carbocycles. The molecule has 2 heterocycles. The van der Waals surface area contributed by atoms with Gasteiger partial charge in [-0.15, -0.1) is 11.3 Å². The Bertz CT molecular complexity index is 823. The first-order chi connectivity index (χ1) is 10.6. The number of thiazole rings is 1. The van der Waals surface area contributed by atoms with Crippen LogP contribution in [0.3, 0.4) is 0 Å². The minimum atomic E-state index is -0.503. The Balaban J connectivity index is 1.81. The predicted octanol–water partition coefficient (Wildman–Crippen LogP) is 4.36. The minimum Gasteiger partial charge on any atom is -0.318 e. The lowest BCUT2D eigenvalue weighted by Crippen LogP contribution is -2.13. The predicted molar refractivity (Wildman–Crippen MR) is 87.4 cm³/mol. The summed E-state index contributed by atoms with van der Waals surface area (Å²) in [6.45, 7) is 0. The Kier molecular flexibility index (Phi) is 4.26. The molecule has 1 aromatic carbocycles. The van der Waals surface area contributed by atoms with Crippen molar-refractivity contribution < 1.29 is 9.18 Å². The summed E-state index contributed by atoms with van der Waals surface area (Å²) in [6.07, 6.45) is 1.66. The summed E-state index contributed by atoms with van der Waals surface area (Å²) in [5.41, 5.74) is 1.02. The third-order valence-corrected chi connectivity index (χ3v) is 4.16. The standard InChI is InChI=1S/C15H9BrFN3OS/c16-9-4-5-10(17)12(7-9)19-14(21)13-8-22-15(20-13)11-3-1-2-6-18-11/h1-8H,(H,19,21). The number of pyridine rings is 1. The molecule has 4 nitrogen and oxygen atoms in total. The summed E-state index contributed by atoms with van der Waals surface area (Å²) < 4.78 is 14.3. The first kappa shape index (κ1) is 14.8. The third-order valence-electron chi connectivity index (χ3n) is 2.80. The molecular formula is C15H9BrFN3OS. The summed E-state index contributed by atoms with van der Waals surface area (Å²) in [5, 5.41) is 4.77. The maximum atomic E-state index is 13.7. The van der Waals surface area contributed by atoms with E-state index in [0.717, 1.165) is 0 Å². The lowest BCUT2D eigenvalue weighted by atomic mass is 10.3. The second-order valence-electron chi connectivity index (χ2n) is 4.33. The number of halogens is 2. The maximum absolute atomic E-state index is 13.7. The average Bonchev–Trinajstić information content (AvgIpc) is 3.02. The number of carbonyl (C=O) groups is 1. The zero-order valence-corrected chi connectivity index (χ0v) is 13.5. The summed E-state index contributed by atoms with van der Waals surface area (Å²) in [4.78, 5) is 20.6. The molecule has 0 saturated heterocycles. The van der Waals surface area contributed by atoms with Crippen molar-refractivity contribution in [2.45, 2.75) is 0 Å². The molecule has 0 fully saturated rings. The molecule has 22 heavy (non-hydrogen) atoms. The fourth-order valence-electron chi connectivity index (χ4n) is 1.76. The van der Waals surface area contributed by atoms with Gasteiger partial charge in [0.15, 0.2) is 0 Å². The van der Waals surface area contributed by atoms with Gasteiger partial charge in [0.05, 0.1) is 11.4 Å². The Hall–Kier alpha value is -2.12. The van der Waals surface area contributed by atoms with Gasteiger partial charge in [-0.25, -0.2) is 9.37 Å². The number of anilines is 1. The molecule has 0 aliphatic heterocycles. The van der Waals surface area contributed by atoms with Gasteiger partial charge in [0, 0.05) is 16.0 Å². The second kappa shape index (κ2) is 6.33. The Labute approximate surface area is 138 Å². The van der Waals surface area contributed by atoms with E-state index in [2.05, 4.69) is 31.2 Å². The van der Waals surface area contributed by atoms with Gasteiger partial charge < -0.3 is 5.32 Å². The van der Waals surface area contributed by atoms with Crippen molar-refractivity contribution in [1.29, 1.82) is 0 Å². The van der Waals surface area contributed by atoms with E-state index in [1.54, 1.807) is 23.7 Å². The van der Waals surface area contributed by atoms with Gasteiger partial charge in [0.1, 0.15) is 16.5 Å². The molecule has 1 N–H and O–H groups in total. The van der Waals surface area contributed by atoms with Crippen LogP contribution in [0.2, 0.25) is 0 Å². The molecular weight excluding hydrogens is 369 g/mol. The van der Waals surface area contributed by atoms with Crippen molar-refractivity contribution in [1.82, 2.24) is 9.97 Å². The van der Waals surface area contributed by atoms with Crippen LogP contribution in [0, 0.1) is 5.82 Å². The average molecular weight is 378 g/mol. The van der Waals surface area contributed by atoms with Crippen LogP contribution in [0.5, 0.6) is 0 Å². The van der Waals surface area contributed by atoms with Crippen LogP contribution in [-0.2, 0) is 0 Å². The molecule has 0 radical (unpaired) electrons. The van der Waals surface area contributed by atoms with Gasteiger partial charge >= 0.3 is 0 Å².